The number of amides is 1. The molecule has 1 aromatic carbocycles. The van der Waals surface area contributed by atoms with E-state index >= 15 is 0 Å². The first-order valence-corrected chi connectivity index (χ1v) is 9.43. The summed E-state index contributed by atoms with van der Waals surface area (Å²) in [6.45, 7) is 8.49. The first kappa shape index (κ1) is 21.0. The predicted molar refractivity (Wildman–Crippen MR) is 106 cm³/mol. The zero-order valence-electron chi connectivity index (χ0n) is 16.4. The van der Waals surface area contributed by atoms with Crippen molar-refractivity contribution >= 4 is 18.1 Å². The van der Waals surface area contributed by atoms with Crippen LogP contribution in [0.3, 0.4) is 0 Å². The highest BCUT2D eigenvalue weighted by atomic mass is 16.6. The number of hydrogen-bond acceptors (Lipinski definition) is 4. The second-order valence-electron chi connectivity index (χ2n) is 7.93. The van der Waals surface area contributed by atoms with Crippen molar-refractivity contribution in [2.45, 2.75) is 51.7 Å². The Morgan fingerprint density at radius 3 is 2.41 bits per heavy atom. The molecule has 1 aliphatic heterocycles. The topological polar surface area (TPSA) is 78.9 Å². The smallest absolute Gasteiger partial charge is 0.407 e. The lowest BCUT2D eigenvalue weighted by Gasteiger charge is -2.32. The summed E-state index contributed by atoms with van der Waals surface area (Å²) < 4.78 is 5.31. The Bertz CT molecular complexity index is 654. The van der Waals surface area contributed by atoms with Crippen molar-refractivity contribution in [3.63, 3.8) is 0 Å². The van der Waals surface area contributed by atoms with Gasteiger partial charge in [-0.15, -0.1) is 0 Å². The lowest BCUT2D eigenvalue weighted by Crippen LogP contribution is -2.46. The van der Waals surface area contributed by atoms with Gasteiger partial charge in [0.2, 0.25) is 0 Å². The van der Waals surface area contributed by atoms with Crippen LogP contribution in [-0.4, -0.2) is 53.3 Å². The van der Waals surface area contributed by atoms with Crippen molar-refractivity contribution in [1.82, 2.24) is 10.2 Å². The fraction of sp³-hybridized carbons (Fsp3) is 0.524. The normalized spacial score (nSPS) is 16.4. The van der Waals surface area contributed by atoms with Crippen molar-refractivity contribution in [2.75, 3.05) is 19.6 Å². The van der Waals surface area contributed by atoms with Crippen LogP contribution in [0.2, 0.25) is 0 Å². The Morgan fingerprint density at radius 2 is 1.85 bits per heavy atom. The maximum Gasteiger partial charge on any atom is 0.407 e. The zero-order valence-corrected chi connectivity index (χ0v) is 16.4. The molecular weight excluding hydrogens is 344 g/mol. The molecular formula is C21H30N2O4. The molecule has 1 aromatic rings. The minimum atomic E-state index is -0.941. The minimum absolute atomic E-state index is 0.177. The van der Waals surface area contributed by atoms with E-state index in [1.54, 1.807) is 6.08 Å². The SMILES string of the molecule is CC(C)(C)OC(=O)NC1CCN(CCc2ccc(/C=C/C(=O)O)cc2)CC1. The molecule has 0 spiro atoms. The van der Waals surface area contributed by atoms with Gasteiger partial charge in [0.05, 0.1) is 0 Å². The molecule has 148 valence electrons. The molecule has 2 N–H and O–H groups in total. The molecule has 0 radical (unpaired) electrons. The number of likely N-dealkylation sites (tertiary alicyclic amines) is 1. The van der Waals surface area contributed by atoms with Gasteiger partial charge < -0.3 is 20.1 Å². The Hall–Kier alpha value is -2.34. The van der Waals surface area contributed by atoms with Crippen LogP contribution in [-0.2, 0) is 16.0 Å². The summed E-state index contributed by atoms with van der Waals surface area (Å²) >= 11 is 0. The van der Waals surface area contributed by atoms with Crippen LogP contribution >= 0.6 is 0 Å². The molecule has 1 amide bonds. The summed E-state index contributed by atoms with van der Waals surface area (Å²) in [5.41, 5.74) is 1.65. The number of nitrogens with one attached hydrogen (secondary N) is 1. The van der Waals surface area contributed by atoms with Gasteiger partial charge in [-0.05, 0) is 57.2 Å². The number of ether oxygens (including phenoxy) is 1. The summed E-state index contributed by atoms with van der Waals surface area (Å²) in [4.78, 5) is 24.8. The van der Waals surface area contributed by atoms with E-state index in [1.165, 1.54) is 5.56 Å². The summed E-state index contributed by atoms with van der Waals surface area (Å²) in [6, 6.07) is 8.13. The first-order chi connectivity index (χ1) is 12.7. The van der Waals surface area contributed by atoms with E-state index in [-0.39, 0.29) is 12.1 Å². The molecule has 0 saturated carbocycles. The number of carboxylic acid groups (broad SMARTS) is 1. The summed E-state index contributed by atoms with van der Waals surface area (Å²) in [5.74, 6) is -0.941. The van der Waals surface area contributed by atoms with Gasteiger partial charge >= 0.3 is 12.1 Å². The molecule has 27 heavy (non-hydrogen) atoms. The summed E-state index contributed by atoms with van der Waals surface area (Å²) in [7, 11) is 0. The standard InChI is InChI=1S/C21H30N2O4/c1-21(2,3)27-20(26)22-18-11-14-23(15-12-18)13-10-17-6-4-16(5-7-17)8-9-19(24)25/h4-9,18H,10-15H2,1-3H3,(H,22,26)(H,24,25)/b9-8+. The molecule has 1 saturated heterocycles. The lowest BCUT2D eigenvalue weighted by atomic mass is 10.0. The zero-order chi connectivity index (χ0) is 19.9. The largest absolute Gasteiger partial charge is 0.478 e. The number of nitrogens with zero attached hydrogens (tertiary/aromatic N) is 1. The van der Waals surface area contributed by atoms with E-state index in [4.69, 9.17) is 9.84 Å². The van der Waals surface area contributed by atoms with E-state index in [2.05, 4.69) is 10.2 Å². The van der Waals surface area contributed by atoms with Gasteiger partial charge in [-0.1, -0.05) is 24.3 Å². The third kappa shape index (κ3) is 8.26. The van der Waals surface area contributed by atoms with E-state index in [1.807, 2.05) is 45.0 Å². The monoisotopic (exact) mass is 374 g/mol. The average Bonchev–Trinajstić information content (AvgIpc) is 2.58. The quantitative estimate of drug-likeness (QED) is 0.747. The lowest BCUT2D eigenvalue weighted by molar-refractivity contribution is -0.131. The summed E-state index contributed by atoms with van der Waals surface area (Å²) in [6.07, 6.45) is 5.21. The number of carboxylic acids is 1. The van der Waals surface area contributed by atoms with Crippen molar-refractivity contribution in [3.8, 4) is 0 Å². The number of carbonyl (C=O) groups is 2. The molecule has 6 nitrogen and oxygen atoms in total. The molecule has 0 unspecified atom stereocenters. The van der Waals surface area contributed by atoms with Crippen LogP contribution in [0.4, 0.5) is 4.79 Å². The molecule has 1 fully saturated rings. The predicted octanol–water partition coefficient (Wildman–Crippen LogP) is 3.32. The maximum atomic E-state index is 11.8. The Labute approximate surface area is 161 Å². The first-order valence-electron chi connectivity index (χ1n) is 9.43. The highest BCUT2D eigenvalue weighted by molar-refractivity contribution is 5.85. The van der Waals surface area contributed by atoms with Gasteiger partial charge in [0.1, 0.15) is 5.60 Å². The third-order valence-corrected chi connectivity index (χ3v) is 4.42. The van der Waals surface area contributed by atoms with Crippen LogP contribution in [0.5, 0.6) is 0 Å². The second-order valence-corrected chi connectivity index (χ2v) is 7.93. The van der Waals surface area contributed by atoms with Crippen LogP contribution in [0, 0.1) is 0 Å². The number of alkyl carbamates (subject to hydrolysis) is 1. The average molecular weight is 374 g/mol. The van der Waals surface area contributed by atoms with E-state index in [0.717, 1.165) is 50.5 Å². The van der Waals surface area contributed by atoms with Crippen LogP contribution in [0.15, 0.2) is 30.3 Å². The maximum absolute atomic E-state index is 11.8. The molecule has 6 heteroatoms. The second kappa shape index (κ2) is 9.55. The number of benzene rings is 1. The van der Waals surface area contributed by atoms with Crippen molar-refractivity contribution in [2.24, 2.45) is 0 Å². The molecule has 0 aromatic heterocycles. The number of piperidine rings is 1. The van der Waals surface area contributed by atoms with Gasteiger partial charge in [0.25, 0.3) is 0 Å². The van der Waals surface area contributed by atoms with Crippen LogP contribution in [0.1, 0.15) is 44.7 Å². The van der Waals surface area contributed by atoms with Gasteiger partial charge in [-0.3, -0.25) is 0 Å². The highest BCUT2D eigenvalue weighted by Gasteiger charge is 2.23. The van der Waals surface area contributed by atoms with Gasteiger partial charge in [0.15, 0.2) is 0 Å². The van der Waals surface area contributed by atoms with Crippen LogP contribution in [0.25, 0.3) is 6.08 Å². The molecule has 0 aliphatic carbocycles. The Kier molecular flexibility index (Phi) is 7.42. The van der Waals surface area contributed by atoms with Crippen LogP contribution < -0.4 is 5.32 Å². The Balaban J connectivity index is 1.70. The number of carbonyl (C=O) groups excluding carboxylic acids is 1. The van der Waals surface area contributed by atoms with E-state index in [9.17, 15) is 9.59 Å². The fourth-order valence-corrected chi connectivity index (χ4v) is 3.03. The van der Waals surface area contributed by atoms with E-state index < -0.39 is 11.6 Å². The van der Waals surface area contributed by atoms with Crippen molar-refractivity contribution in [1.29, 1.82) is 0 Å². The van der Waals surface area contributed by atoms with Gasteiger partial charge in [-0.2, -0.15) is 0 Å². The molecule has 1 heterocycles. The fourth-order valence-electron chi connectivity index (χ4n) is 3.03. The number of rotatable bonds is 6. The van der Waals surface area contributed by atoms with Gasteiger partial charge in [0, 0.05) is 31.8 Å². The molecule has 0 atom stereocenters. The molecule has 1 aliphatic rings. The highest BCUT2D eigenvalue weighted by Crippen LogP contribution is 2.14. The number of aliphatic carboxylic acids is 1. The summed E-state index contributed by atoms with van der Waals surface area (Å²) in [5, 5.41) is 11.6. The van der Waals surface area contributed by atoms with Crippen molar-refractivity contribution in [3.05, 3.63) is 41.5 Å². The third-order valence-electron chi connectivity index (χ3n) is 4.42. The van der Waals surface area contributed by atoms with Crippen molar-refractivity contribution < 1.29 is 19.4 Å². The van der Waals surface area contributed by atoms with Gasteiger partial charge in [-0.25, -0.2) is 9.59 Å². The molecule has 0 bridgehead atoms. The molecule has 2 rings (SSSR count). The van der Waals surface area contributed by atoms with E-state index in [0.29, 0.717) is 0 Å². The Morgan fingerprint density at radius 1 is 1.22 bits per heavy atom. The number of hydrogen-bond donors (Lipinski definition) is 2. The minimum Gasteiger partial charge on any atom is -0.478 e.